The largest absolute Gasteiger partial charge is 0.396 e. The van der Waals surface area contributed by atoms with E-state index in [1.807, 2.05) is 24.3 Å². The molecule has 2 rings (SSSR count). The Morgan fingerprint density at radius 3 is 2.47 bits per heavy atom. The minimum Gasteiger partial charge on any atom is -0.396 e. The molecule has 2 N–H and O–H groups in total. The Balaban J connectivity index is 1.93. The zero-order valence-electron chi connectivity index (χ0n) is 11.5. The van der Waals surface area contributed by atoms with Gasteiger partial charge in [-0.3, -0.25) is 0 Å². The predicted molar refractivity (Wildman–Crippen MR) is 75.6 cm³/mol. The van der Waals surface area contributed by atoms with Crippen LogP contribution in [0.2, 0.25) is 0 Å². The van der Waals surface area contributed by atoms with Crippen LogP contribution >= 0.6 is 0 Å². The van der Waals surface area contributed by atoms with Crippen LogP contribution in [-0.4, -0.2) is 18.3 Å². The second kappa shape index (κ2) is 6.18. The summed E-state index contributed by atoms with van der Waals surface area (Å²) in [4.78, 5) is 0. The van der Waals surface area contributed by atoms with Crippen LogP contribution in [0, 0.1) is 16.7 Å². The lowest BCUT2D eigenvalue weighted by molar-refractivity contribution is 0.125. The van der Waals surface area contributed by atoms with E-state index in [0.717, 1.165) is 19.4 Å². The third-order valence-corrected chi connectivity index (χ3v) is 4.32. The molecule has 0 saturated heterocycles. The molecule has 0 heterocycles. The van der Waals surface area contributed by atoms with Crippen LogP contribution < -0.4 is 5.32 Å². The number of benzene rings is 1. The van der Waals surface area contributed by atoms with Crippen LogP contribution in [-0.2, 0) is 0 Å². The summed E-state index contributed by atoms with van der Waals surface area (Å²) in [7, 11) is 0. The first-order valence-corrected chi connectivity index (χ1v) is 7.03. The van der Waals surface area contributed by atoms with Crippen LogP contribution in [0.1, 0.15) is 49.8 Å². The molecule has 1 unspecified atom stereocenters. The molecule has 0 aliphatic heterocycles. The molecule has 0 spiro atoms. The number of nitrogens with zero attached hydrogens (tertiary/aromatic N) is 1. The Morgan fingerprint density at radius 1 is 1.32 bits per heavy atom. The van der Waals surface area contributed by atoms with Crippen molar-refractivity contribution in [2.24, 2.45) is 5.41 Å². The number of nitrogens with one attached hydrogen (secondary N) is 1. The summed E-state index contributed by atoms with van der Waals surface area (Å²) in [5.74, 6) is 0. The van der Waals surface area contributed by atoms with Gasteiger partial charge in [-0.2, -0.15) is 5.26 Å². The first kappa shape index (κ1) is 14.0. The lowest BCUT2D eigenvalue weighted by Gasteiger charge is -2.29. The fourth-order valence-electron chi connectivity index (χ4n) is 2.85. The Labute approximate surface area is 115 Å². The maximum absolute atomic E-state index is 9.59. The summed E-state index contributed by atoms with van der Waals surface area (Å²) in [6.45, 7) is 3.27. The molecule has 1 aromatic rings. The highest BCUT2D eigenvalue weighted by Crippen LogP contribution is 2.37. The van der Waals surface area contributed by atoms with E-state index >= 15 is 0 Å². The Hall–Kier alpha value is -1.37. The summed E-state index contributed by atoms with van der Waals surface area (Å²) in [6.07, 6.45) is 4.70. The van der Waals surface area contributed by atoms with E-state index in [0.29, 0.717) is 5.56 Å². The lowest BCUT2D eigenvalue weighted by atomic mass is 9.87. The van der Waals surface area contributed by atoms with Gasteiger partial charge < -0.3 is 10.4 Å². The van der Waals surface area contributed by atoms with Crippen molar-refractivity contribution in [3.8, 4) is 6.07 Å². The smallest absolute Gasteiger partial charge is 0.0991 e. The summed E-state index contributed by atoms with van der Waals surface area (Å²) in [5.41, 5.74) is 1.96. The van der Waals surface area contributed by atoms with E-state index in [1.54, 1.807) is 0 Å². The summed E-state index contributed by atoms with van der Waals surface area (Å²) >= 11 is 0. The van der Waals surface area contributed by atoms with Gasteiger partial charge in [-0.25, -0.2) is 0 Å². The average molecular weight is 258 g/mol. The maximum Gasteiger partial charge on any atom is 0.0991 e. The van der Waals surface area contributed by atoms with Gasteiger partial charge in [0.15, 0.2) is 0 Å². The molecular formula is C16H22N2O. The van der Waals surface area contributed by atoms with Gasteiger partial charge in [0.1, 0.15) is 0 Å². The van der Waals surface area contributed by atoms with Gasteiger partial charge in [0.2, 0.25) is 0 Å². The molecule has 102 valence electrons. The molecule has 1 aromatic carbocycles. The summed E-state index contributed by atoms with van der Waals surface area (Å²) < 4.78 is 0. The minimum atomic E-state index is 0.0842. The van der Waals surface area contributed by atoms with Crippen LogP contribution in [0.15, 0.2) is 24.3 Å². The van der Waals surface area contributed by atoms with E-state index in [-0.39, 0.29) is 18.1 Å². The molecule has 19 heavy (non-hydrogen) atoms. The molecule has 1 saturated carbocycles. The van der Waals surface area contributed by atoms with E-state index in [1.165, 1.54) is 18.4 Å². The van der Waals surface area contributed by atoms with E-state index in [2.05, 4.69) is 18.3 Å². The molecule has 0 aromatic heterocycles. The molecule has 1 aliphatic rings. The fraction of sp³-hybridized carbons (Fsp3) is 0.562. The normalized spacial score (nSPS) is 19.0. The van der Waals surface area contributed by atoms with Crippen LogP contribution in [0.3, 0.4) is 0 Å². The quantitative estimate of drug-likeness (QED) is 0.854. The molecule has 3 heteroatoms. The number of nitriles is 1. The van der Waals surface area contributed by atoms with E-state index in [4.69, 9.17) is 5.26 Å². The van der Waals surface area contributed by atoms with Crippen molar-refractivity contribution in [3.05, 3.63) is 35.4 Å². The molecular weight excluding hydrogens is 236 g/mol. The monoisotopic (exact) mass is 258 g/mol. The van der Waals surface area contributed by atoms with E-state index < -0.39 is 0 Å². The first-order chi connectivity index (χ1) is 9.19. The molecule has 0 bridgehead atoms. The predicted octanol–water partition coefficient (Wildman–Crippen LogP) is 2.76. The zero-order chi connectivity index (χ0) is 13.7. The fourth-order valence-corrected chi connectivity index (χ4v) is 2.85. The van der Waals surface area contributed by atoms with Crippen molar-refractivity contribution in [1.82, 2.24) is 5.32 Å². The summed E-state index contributed by atoms with van der Waals surface area (Å²) in [6, 6.07) is 10.1. The number of hydrogen-bond acceptors (Lipinski definition) is 3. The standard InChI is InChI=1S/C16H22N2O/c1-13(15-6-4-14(10-17)5-7-15)18-11-16(12-19)8-2-3-9-16/h4-7,13,18-19H,2-3,8-9,11-12H2,1H3. The second-order valence-electron chi connectivity index (χ2n) is 5.70. The molecule has 0 radical (unpaired) electrons. The van der Waals surface area contributed by atoms with Gasteiger partial charge in [-0.05, 0) is 37.5 Å². The van der Waals surface area contributed by atoms with Crippen LogP contribution in [0.5, 0.6) is 0 Å². The minimum absolute atomic E-state index is 0.0842. The van der Waals surface area contributed by atoms with Crippen molar-refractivity contribution < 1.29 is 5.11 Å². The van der Waals surface area contributed by atoms with Crippen molar-refractivity contribution in [2.75, 3.05) is 13.2 Å². The van der Waals surface area contributed by atoms with Gasteiger partial charge in [-0.1, -0.05) is 25.0 Å². The topological polar surface area (TPSA) is 56.0 Å². The highest BCUT2D eigenvalue weighted by molar-refractivity contribution is 5.32. The molecule has 1 atom stereocenters. The second-order valence-corrected chi connectivity index (χ2v) is 5.70. The number of rotatable bonds is 5. The molecule has 1 aliphatic carbocycles. The third-order valence-electron chi connectivity index (χ3n) is 4.32. The lowest BCUT2D eigenvalue weighted by Crippen LogP contribution is -2.36. The molecule has 0 amide bonds. The molecule has 3 nitrogen and oxygen atoms in total. The number of hydrogen-bond donors (Lipinski definition) is 2. The Bertz CT molecular complexity index is 441. The third kappa shape index (κ3) is 3.34. The number of aliphatic hydroxyl groups excluding tert-OH is 1. The van der Waals surface area contributed by atoms with Gasteiger partial charge in [-0.15, -0.1) is 0 Å². The van der Waals surface area contributed by atoms with Gasteiger partial charge in [0.25, 0.3) is 0 Å². The van der Waals surface area contributed by atoms with Crippen molar-refractivity contribution in [1.29, 1.82) is 5.26 Å². The SMILES string of the molecule is CC(NCC1(CO)CCCC1)c1ccc(C#N)cc1. The van der Waals surface area contributed by atoms with Crippen molar-refractivity contribution in [3.63, 3.8) is 0 Å². The highest BCUT2D eigenvalue weighted by atomic mass is 16.3. The van der Waals surface area contributed by atoms with Gasteiger partial charge >= 0.3 is 0 Å². The van der Waals surface area contributed by atoms with Crippen molar-refractivity contribution >= 4 is 0 Å². The number of aliphatic hydroxyl groups is 1. The average Bonchev–Trinajstić information content (AvgIpc) is 2.94. The van der Waals surface area contributed by atoms with Crippen molar-refractivity contribution in [2.45, 2.75) is 38.6 Å². The van der Waals surface area contributed by atoms with Crippen LogP contribution in [0.25, 0.3) is 0 Å². The van der Waals surface area contributed by atoms with Gasteiger partial charge in [0.05, 0.1) is 11.6 Å². The maximum atomic E-state index is 9.59. The first-order valence-electron chi connectivity index (χ1n) is 7.03. The zero-order valence-corrected chi connectivity index (χ0v) is 11.5. The summed E-state index contributed by atoms with van der Waals surface area (Å²) in [5, 5.41) is 21.9. The highest BCUT2D eigenvalue weighted by Gasteiger charge is 2.33. The van der Waals surface area contributed by atoms with E-state index in [9.17, 15) is 5.11 Å². The Kier molecular flexibility index (Phi) is 4.57. The van der Waals surface area contributed by atoms with Crippen LogP contribution in [0.4, 0.5) is 0 Å². The van der Waals surface area contributed by atoms with Gasteiger partial charge in [0, 0.05) is 24.6 Å². The molecule has 1 fully saturated rings. The Morgan fingerprint density at radius 2 is 1.95 bits per heavy atom.